The quantitative estimate of drug-likeness (QED) is 0.704. The molecule has 4 heteroatoms. The van der Waals surface area contributed by atoms with Crippen LogP contribution >= 0.6 is 0 Å². The van der Waals surface area contributed by atoms with Crippen molar-refractivity contribution in [3.05, 3.63) is 0 Å². The van der Waals surface area contributed by atoms with Crippen molar-refractivity contribution in [3.8, 4) is 0 Å². The number of carbonyl (C=O) groups is 1. The first kappa shape index (κ1) is 10.9. The van der Waals surface area contributed by atoms with Gasteiger partial charge in [-0.15, -0.1) is 0 Å². The van der Waals surface area contributed by atoms with Crippen molar-refractivity contribution >= 4 is 5.91 Å². The Labute approximate surface area is 90.8 Å². The second-order valence-electron chi connectivity index (χ2n) is 4.66. The predicted octanol–water partition coefficient (Wildman–Crippen LogP) is 0.280. The van der Waals surface area contributed by atoms with Gasteiger partial charge in [-0.25, -0.2) is 0 Å². The molecule has 15 heavy (non-hydrogen) atoms. The van der Waals surface area contributed by atoms with Crippen molar-refractivity contribution in [2.75, 3.05) is 19.7 Å². The molecule has 86 valence electrons. The summed E-state index contributed by atoms with van der Waals surface area (Å²) in [7, 11) is 0. The number of carbonyl (C=O) groups excluding carboxylic acids is 1. The molecule has 0 bridgehead atoms. The van der Waals surface area contributed by atoms with Gasteiger partial charge in [-0.05, 0) is 31.7 Å². The van der Waals surface area contributed by atoms with Crippen molar-refractivity contribution in [1.29, 1.82) is 0 Å². The Morgan fingerprint density at radius 1 is 1.47 bits per heavy atom. The fourth-order valence-corrected chi connectivity index (χ4v) is 1.86. The van der Waals surface area contributed by atoms with E-state index in [0.717, 1.165) is 32.4 Å². The first-order valence-electron chi connectivity index (χ1n) is 5.87. The van der Waals surface area contributed by atoms with Gasteiger partial charge in [0.1, 0.15) is 6.61 Å². The van der Waals surface area contributed by atoms with Gasteiger partial charge in [0.05, 0.1) is 6.10 Å². The van der Waals surface area contributed by atoms with Crippen molar-refractivity contribution in [3.63, 3.8) is 0 Å². The molecule has 2 unspecified atom stereocenters. The number of nitrogens with one attached hydrogen (secondary N) is 2. The Kier molecular flexibility index (Phi) is 3.59. The first-order chi connectivity index (χ1) is 7.25. The molecule has 2 atom stereocenters. The van der Waals surface area contributed by atoms with Crippen molar-refractivity contribution in [2.45, 2.75) is 38.3 Å². The second kappa shape index (κ2) is 4.94. The van der Waals surface area contributed by atoms with Crippen LogP contribution in [0.5, 0.6) is 0 Å². The van der Waals surface area contributed by atoms with Gasteiger partial charge < -0.3 is 15.4 Å². The summed E-state index contributed by atoms with van der Waals surface area (Å²) in [4.78, 5) is 11.4. The maximum atomic E-state index is 11.4. The van der Waals surface area contributed by atoms with Gasteiger partial charge in [0.15, 0.2) is 0 Å². The summed E-state index contributed by atoms with van der Waals surface area (Å²) in [5.41, 5.74) is 0. The average Bonchev–Trinajstić information content (AvgIpc) is 3.00. The lowest BCUT2D eigenvalue weighted by molar-refractivity contribution is -0.129. The van der Waals surface area contributed by atoms with E-state index in [1.165, 1.54) is 0 Å². The smallest absolute Gasteiger partial charge is 0.246 e. The van der Waals surface area contributed by atoms with Gasteiger partial charge in [-0.3, -0.25) is 4.79 Å². The summed E-state index contributed by atoms with van der Waals surface area (Å²) in [6.07, 6.45) is 3.60. The third-order valence-corrected chi connectivity index (χ3v) is 3.13. The monoisotopic (exact) mass is 212 g/mol. The van der Waals surface area contributed by atoms with E-state index in [-0.39, 0.29) is 18.6 Å². The molecule has 0 aromatic carbocycles. The molecule has 0 aromatic rings. The van der Waals surface area contributed by atoms with Crippen molar-refractivity contribution < 1.29 is 9.53 Å². The van der Waals surface area contributed by atoms with Crippen molar-refractivity contribution in [2.24, 2.45) is 5.92 Å². The van der Waals surface area contributed by atoms with Crippen LogP contribution in [0.4, 0.5) is 0 Å². The molecule has 1 saturated heterocycles. The SMILES string of the molecule is CC1CCNCC1OCC(=O)NC1CC1. The van der Waals surface area contributed by atoms with Gasteiger partial charge in [-0.2, -0.15) is 0 Å². The maximum absolute atomic E-state index is 11.4. The number of amides is 1. The minimum atomic E-state index is 0.0373. The normalized spacial score (nSPS) is 31.3. The molecule has 1 saturated carbocycles. The lowest BCUT2D eigenvalue weighted by Crippen LogP contribution is -2.43. The first-order valence-corrected chi connectivity index (χ1v) is 5.87. The van der Waals surface area contributed by atoms with Crippen LogP contribution in [-0.2, 0) is 9.53 Å². The Bertz CT molecular complexity index is 229. The van der Waals surface area contributed by atoms with Crippen LogP contribution in [0.3, 0.4) is 0 Å². The Morgan fingerprint density at radius 2 is 2.27 bits per heavy atom. The lowest BCUT2D eigenvalue weighted by atomic mass is 9.97. The number of ether oxygens (including phenoxy) is 1. The van der Waals surface area contributed by atoms with Gasteiger partial charge in [0.2, 0.25) is 5.91 Å². The van der Waals surface area contributed by atoms with Crippen LogP contribution < -0.4 is 10.6 Å². The van der Waals surface area contributed by atoms with Gasteiger partial charge in [-0.1, -0.05) is 6.92 Å². The highest BCUT2D eigenvalue weighted by Gasteiger charge is 2.25. The highest BCUT2D eigenvalue weighted by molar-refractivity contribution is 5.77. The summed E-state index contributed by atoms with van der Waals surface area (Å²) in [5.74, 6) is 0.593. The Morgan fingerprint density at radius 3 is 2.93 bits per heavy atom. The molecule has 1 amide bonds. The fourth-order valence-electron chi connectivity index (χ4n) is 1.86. The van der Waals surface area contributed by atoms with Crippen LogP contribution in [0.2, 0.25) is 0 Å². The highest BCUT2D eigenvalue weighted by atomic mass is 16.5. The third kappa shape index (κ3) is 3.47. The molecule has 1 aliphatic heterocycles. The molecule has 1 heterocycles. The molecule has 2 aliphatic rings. The predicted molar refractivity (Wildman–Crippen MR) is 57.6 cm³/mol. The van der Waals surface area contributed by atoms with E-state index in [4.69, 9.17) is 4.74 Å². The van der Waals surface area contributed by atoms with Crippen LogP contribution in [0.1, 0.15) is 26.2 Å². The lowest BCUT2D eigenvalue weighted by Gasteiger charge is -2.29. The summed E-state index contributed by atoms with van der Waals surface area (Å²) < 4.78 is 5.61. The van der Waals surface area contributed by atoms with E-state index < -0.39 is 0 Å². The summed E-state index contributed by atoms with van der Waals surface area (Å²) >= 11 is 0. The Balaban J connectivity index is 1.64. The molecule has 2 N–H and O–H groups in total. The molecule has 2 fully saturated rings. The molecule has 0 radical (unpaired) electrons. The maximum Gasteiger partial charge on any atom is 0.246 e. The number of hydrogen-bond acceptors (Lipinski definition) is 3. The van der Waals surface area contributed by atoms with E-state index >= 15 is 0 Å². The molecule has 0 aromatic heterocycles. The van der Waals surface area contributed by atoms with Crippen LogP contribution in [0, 0.1) is 5.92 Å². The molecule has 2 rings (SSSR count). The van der Waals surface area contributed by atoms with E-state index in [1.54, 1.807) is 0 Å². The minimum absolute atomic E-state index is 0.0373. The number of hydrogen-bond donors (Lipinski definition) is 2. The van der Waals surface area contributed by atoms with Gasteiger partial charge in [0, 0.05) is 12.6 Å². The third-order valence-electron chi connectivity index (χ3n) is 3.13. The van der Waals surface area contributed by atoms with E-state index in [9.17, 15) is 4.79 Å². The van der Waals surface area contributed by atoms with Crippen LogP contribution in [-0.4, -0.2) is 37.7 Å². The van der Waals surface area contributed by atoms with Crippen LogP contribution in [0.25, 0.3) is 0 Å². The number of rotatable bonds is 4. The zero-order chi connectivity index (χ0) is 10.7. The largest absolute Gasteiger partial charge is 0.367 e. The summed E-state index contributed by atoms with van der Waals surface area (Å²) in [6, 6.07) is 0.433. The molecular formula is C11H20N2O2. The van der Waals surface area contributed by atoms with E-state index in [2.05, 4.69) is 17.6 Å². The summed E-state index contributed by atoms with van der Waals surface area (Å²) in [6.45, 7) is 4.34. The molecule has 1 aliphatic carbocycles. The molecule has 0 spiro atoms. The number of piperidine rings is 1. The van der Waals surface area contributed by atoms with Crippen LogP contribution in [0.15, 0.2) is 0 Å². The second-order valence-corrected chi connectivity index (χ2v) is 4.66. The topological polar surface area (TPSA) is 50.4 Å². The standard InChI is InChI=1S/C11H20N2O2/c1-8-4-5-12-6-10(8)15-7-11(14)13-9-2-3-9/h8-10,12H,2-7H2,1H3,(H,13,14). The molecule has 4 nitrogen and oxygen atoms in total. The molecular weight excluding hydrogens is 192 g/mol. The summed E-state index contributed by atoms with van der Waals surface area (Å²) in [5, 5.41) is 6.21. The van der Waals surface area contributed by atoms with E-state index in [1.807, 2.05) is 0 Å². The van der Waals surface area contributed by atoms with E-state index in [0.29, 0.717) is 12.0 Å². The zero-order valence-corrected chi connectivity index (χ0v) is 9.29. The fraction of sp³-hybridized carbons (Fsp3) is 0.909. The minimum Gasteiger partial charge on any atom is -0.367 e. The van der Waals surface area contributed by atoms with Gasteiger partial charge in [0.25, 0.3) is 0 Å². The Hall–Kier alpha value is -0.610. The van der Waals surface area contributed by atoms with Gasteiger partial charge >= 0.3 is 0 Å². The zero-order valence-electron chi connectivity index (χ0n) is 9.29. The average molecular weight is 212 g/mol. The van der Waals surface area contributed by atoms with Crippen molar-refractivity contribution in [1.82, 2.24) is 10.6 Å². The highest BCUT2D eigenvalue weighted by Crippen LogP contribution is 2.18.